The summed E-state index contributed by atoms with van der Waals surface area (Å²) in [6.45, 7) is 0. The van der Waals surface area contributed by atoms with Crippen molar-refractivity contribution in [3.63, 3.8) is 0 Å². The third-order valence-corrected chi connectivity index (χ3v) is 6.28. The molecule has 3 rings (SSSR count). The van der Waals surface area contributed by atoms with E-state index in [9.17, 15) is 0 Å². The van der Waals surface area contributed by atoms with E-state index in [1.807, 2.05) is 22.7 Å². The van der Waals surface area contributed by atoms with E-state index >= 15 is 0 Å². The number of aryl methyl sites for hydroxylation is 1. The van der Waals surface area contributed by atoms with Gasteiger partial charge in [0.25, 0.3) is 0 Å². The van der Waals surface area contributed by atoms with Crippen LogP contribution >= 0.6 is 34.0 Å². The first kappa shape index (κ1) is 12.7. The Morgan fingerprint density at radius 3 is 2.37 bits per heavy atom. The molecule has 3 heteroatoms. The molecular weight excluding hydrogens is 288 g/mol. The van der Waals surface area contributed by atoms with Crippen molar-refractivity contribution in [2.24, 2.45) is 0 Å². The van der Waals surface area contributed by atoms with E-state index in [0.717, 1.165) is 12.8 Å². The van der Waals surface area contributed by atoms with Gasteiger partial charge < -0.3 is 0 Å². The first-order valence-electron chi connectivity index (χ1n) is 6.03. The molecule has 0 bridgehead atoms. The maximum atomic E-state index is 5.31. The predicted octanol–water partition coefficient (Wildman–Crippen LogP) is 5.77. The first-order chi connectivity index (χ1) is 9.36. The van der Waals surface area contributed by atoms with Crippen LogP contribution in [-0.4, -0.2) is 0 Å². The molecule has 0 N–H and O–H groups in total. The Morgan fingerprint density at radius 2 is 1.63 bits per heavy atom. The topological polar surface area (TPSA) is 0 Å². The SMILES string of the molecule is C#CCCc1ccc(-c2ccc(-c3cccs3)s2)s1. The zero-order chi connectivity index (χ0) is 13.1. The fourth-order valence-corrected chi connectivity index (χ4v) is 4.80. The minimum atomic E-state index is 0.824. The number of terminal acetylenes is 1. The van der Waals surface area contributed by atoms with Gasteiger partial charge in [-0.25, -0.2) is 0 Å². The van der Waals surface area contributed by atoms with Crippen LogP contribution in [0.2, 0.25) is 0 Å². The molecule has 0 aromatic carbocycles. The fraction of sp³-hybridized carbons (Fsp3) is 0.125. The molecule has 0 amide bonds. The summed E-state index contributed by atoms with van der Waals surface area (Å²) >= 11 is 5.51. The first-order valence-corrected chi connectivity index (χ1v) is 8.54. The molecule has 3 heterocycles. The molecule has 0 aliphatic heterocycles. The highest BCUT2D eigenvalue weighted by Crippen LogP contribution is 2.39. The Kier molecular flexibility index (Phi) is 3.84. The Morgan fingerprint density at radius 1 is 0.895 bits per heavy atom. The maximum absolute atomic E-state index is 5.31. The monoisotopic (exact) mass is 300 g/mol. The van der Waals surface area contributed by atoms with E-state index in [0.29, 0.717) is 0 Å². The van der Waals surface area contributed by atoms with Gasteiger partial charge in [0.05, 0.1) is 0 Å². The minimum Gasteiger partial charge on any atom is -0.143 e. The molecule has 19 heavy (non-hydrogen) atoms. The summed E-state index contributed by atoms with van der Waals surface area (Å²) < 4.78 is 0. The van der Waals surface area contributed by atoms with Crippen LogP contribution in [0.1, 0.15) is 11.3 Å². The van der Waals surface area contributed by atoms with Crippen LogP contribution < -0.4 is 0 Å². The summed E-state index contributed by atoms with van der Waals surface area (Å²) in [5, 5.41) is 2.12. The molecule has 0 fully saturated rings. The van der Waals surface area contributed by atoms with Gasteiger partial charge in [-0.05, 0) is 42.1 Å². The molecule has 0 aliphatic rings. The predicted molar refractivity (Wildman–Crippen MR) is 88.1 cm³/mol. The molecule has 3 aromatic rings. The maximum Gasteiger partial charge on any atom is 0.0449 e. The number of thiophene rings is 3. The van der Waals surface area contributed by atoms with Gasteiger partial charge in [-0.3, -0.25) is 0 Å². The number of hydrogen-bond acceptors (Lipinski definition) is 3. The van der Waals surface area contributed by atoms with Crippen LogP contribution in [0.25, 0.3) is 19.5 Å². The summed E-state index contributed by atoms with van der Waals surface area (Å²) in [5.41, 5.74) is 0. The summed E-state index contributed by atoms with van der Waals surface area (Å²) in [5.74, 6) is 2.70. The van der Waals surface area contributed by atoms with Crippen LogP contribution in [0.15, 0.2) is 41.8 Å². The van der Waals surface area contributed by atoms with Crippen molar-refractivity contribution >= 4 is 34.0 Å². The van der Waals surface area contributed by atoms with Gasteiger partial charge in [-0.2, -0.15) is 0 Å². The van der Waals surface area contributed by atoms with Crippen molar-refractivity contribution < 1.29 is 0 Å². The molecule has 0 saturated heterocycles. The average molecular weight is 300 g/mol. The van der Waals surface area contributed by atoms with Crippen molar-refractivity contribution in [1.82, 2.24) is 0 Å². The lowest BCUT2D eigenvalue weighted by Gasteiger charge is -1.91. The third-order valence-electron chi connectivity index (χ3n) is 2.79. The van der Waals surface area contributed by atoms with Crippen molar-refractivity contribution in [2.75, 3.05) is 0 Å². The smallest absolute Gasteiger partial charge is 0.0449 e. The van der Waals surface area contributed by atoms with Crippen LogP contribution in [0.4, 0.5) is 0 Å². The largest absolute Gasteiger partial charge is 0.143 e. The average Bonchev–Trinajstić information content (AvgIpc) is 3.14. The Labute approximate surface area is 125 Å². The summed E-state index contributed by atoms with van der Waals surface area (Å²) in [7, 11) is 0. The van der Waals surface area contributed by atoms with Crippen LogP contribution in [0.5, 0.6) is 0 Å². The molecule has 0 atom stereocenters. The quantitative estimate of drug-likeness (QED) is 0.536. The van der Waals surface area contributed by atoms with E-state index in [1.165, 1.54) is 24.4 Å². The highest BCUT2D eigenvalue weighted by molar-refractivity contribution is 7.26. The molecule has 0 unspecified atom stereocenters. The van der Waals surface area contributed by atoms with Gasteiger partial charge >= 0.3 is 0 Å². The van der Waals surface area contributed by atoms with Crippen molar-refractivity contribution in [1.29, 1.82) is 0 Å². The van der Waals surface area contributed by atoms with E-state index in [4.69, 9.17) is 6.42 Å². The number of rotatable bonds is 4. The normalized spacial score (nSPS) is 10.5. The highest BCUT2D eigenvalue weighted by atomic mass is 32.1. The van der Waals surface area contributed by atoms with Gasteiger partial charge in [-0.1, -0.05) is 6.07 Å². The Hall–Kier alpha value is -1.34. The molecule has 0 nitrogen and oxygen atoms in total. The van der Waals surface area contributed by atoms with Crippen molar-refractivity contribution in [3.05, 3.63) is 46.7 Å². The Balaban J connectivity index is 1.83. The molecular formula is C16H12S3. The highest BCUT2D eigenvalue weighted by Gasteiger charge is 2.08. The van der Waals surface area contributed by atoms with Gasteiger partial charge in [0.2, 0.25) is 0 Å². The zero-order valence-corrected chi connectivity index (χ0v) is 12.7. The fourth-order valence-electron chi connectivity index (χ4n) is 1.86. The second kappa shape index (κ2) is 5.75. The minimum absolute atomic E-state index is 0.824. The van der Waals surface area contributed by atoms with E-state index < -0.39 is 0 Å². The zero-order valence-electron chi connectivity index (χ0n) is 10.3. The number of hydrogen-bond donors (Lipinski definition) is 0. The molecule has 0 spiro atoms. The standard InChI is InChI=1S/C16H12S3/c1-2-3-5-12-7-8-15(18-12)16-10-9-14(19-16)13-6-4-11-17-13/h1,4,6-11H,3,5H2. The molecule has 94 valence electrons. The second-order valence-electron chi connectivity index (χ2n) is 4.11. The van der Waals surface area contributed by atoms with E-state index in [2.05, 4.69) is 47.7 Å². The van der Waals surface area contributed by atoms with Crippen molar-refractivity contribution in [2.45, 2.75) is 12.8 Å². The molecule has 0 saturated carbocycles. The van der Waals surface area contributed by atoms with Gasteiger partial charge in [-0.15, -0.1) is 46.4 Å². The lowest BCUT2D eigenvalue weighted by molar-refractivity contribution is 1.06. The molecule has 3 aromatic heterocycles. The summed E-state index contributed by atoms with van der Waals surface area (Å²) in [6.07, 6.45) is 7.12. The lowest BCUT2D eigenvalue weighted by atomic mass is 10.3. The second-order valence-corrected chi connectivity index (χ2v) is 7.31. The molecule has 0 radical (unpaired) electrons. The third kappa shape index (κ3) is 2.82. The van der Waals surface area contributed by atoms with Gasteiger partial charge in [0.15, 0.2) is 0 Å². The van der Waals surface area contributed by atoms with Gasteiger partial charge in [0.1, 0.15) is 0 Å². The van der Waals surface area contributed by atoms with Crippen LogP contribution in [0, 0.1) is 12.3 Å². The molecule has 0 aliphatic carbocycles. The summed E-state index contributed by atoms with van der Waals surface area (Å²) in [6, 6.07) is 13.1. The van der Waals surface area contributed by atoms with E-state index in [1.54, 1.807) is 11.3 Å². The Bertz CT molecular complexity index is 693. The lowest BCUT2D eigenvalue weighted by Crippen LogP contribution is -1.74. The van der Waals surface area contributed by atoms with Crippen LogP contribution in [-0.2, 0) is 6.42 Å². The summed E-state index contributed by atoms with van der Waals surface area (Å²) in [4.78, 5) is 6.77. The van der Waals surface area contributed by atoms with E-state index in [-0.39, 0.29) is 0 Å². The van der Waals surface area contributed by atoms with Crippen LogP contribution in [0.3, 0.4) is 0 Å². The van der Waals surface area contributed by atoms with Crippen molar-refractivity contribution in [3.8, 4) is 31.9 Å². The van der Waals surface area contributed by atoms with Gasteiger partial charge in [0, 0.05) is 30.8 Å².